The Morgan fingerprint density at radius 1 is 0.953 bits per heavy atom. The lowest BCUT2D eigenvalue weighted by atomic mass is 9.91. The van der Waals surface area contributed by atoms with Gasteiger partial charge in [0.2, 0.25) is 5.91 Å². The number of amides is 3. The molecule has 3 saturated heterocycles. The summed E-state index contributed by atoms with van der Waals surface area (Å²) in [5, 5.41) is 11.4. The second kappa shape index (κ2) is 11.9. The Labute approximate surface area is 255 Å². The van der Waals surface area contributed by atoms with Crippen LogP contribution in [0.25, 0.3) is 11.3 Å². The smallest absolute Gasteiger partial charge is 0.329 e. The number of nitrogens with two attached hydrogens (primary N) is 2. The molecule has 3 aromatic rings. The number of rotatable bonds is 6. The Morgan fingerprint density at radius 3 is 2.40 bits per heavy atom. The molecule has 3 amide bonds. The lowest BCUT2D eigenvalue weighted by molar-refractivity contribution is -0.120. The van der Waals surface area contributed by atoms with Gasteiger partial charge in [0.25, 0.3) is 0 Å². The molecule has 14 heteroatoms. The largest absolute Gasteiger partial charge is 0.382 e. The fourth-order valence-electron chi connectivity index (χ4n) is 5.69. The summed E-state index contributed by atoms with van der Waals surface area (Å²) in [4.78, 5) is 41.0. The number of aromatic nitrogens is 4. The normalized spacial score (nSPS) is 19.5. The Bertz CT molecular complexity index is 1500. The number of halogens is 1. The van der Waals surface area contributed by atoms with Crippen molar-refractivity contribution in [1.82, 2.24) is 30.4 Å². The number of piperazine rings is 1. The molecule has 3 aliphatic rings. The minimum atomic E-state index is -0.471. The lowest BCUT2D eigenvalue weighted by Gasteiger charge is -2.37. The van der Waals surface area contributed by atoms with E-state index in [4.69, 9.17) is 23.1 Å². The Morgan fingerprint density at radius 2 is 1.72 bits per heavy atom. The van der Waals surface area contributed by atoms with E-state index >= 15 is 0 Å². The third-order valence-corrected chi connectivity index (χ3v) is 8.78. The van der Waals surface area contributed by atoms with Crippen LogP contribution in [0.2, 0.25) is 5.02 Å². The first kappa shape index (κ1) is 29.0. The topological polar surface area (TPSA) is 163 Å². The molecule has 0 spiro atoms. The number of carbonyl (C=O) groups is 2. The minimum Gasteiger partial charge on any atom is -0.382 e. The predicted molar refractivity (Wildman–Crippen MR) is 166 cm³/mol. The van der Waals surface area contributed by atoms with Crippen molar-refractivity contribution in [1.29, 1.82) is 0 Å². The van der Waals surface area contributed by atoms with Gasteiger partial charge in [-0.2, -0.15) is 5.10 Å². The molecule has 226 valence electrons. The second-order valence-corrected chi connectivity index (χ2v) is 12.0. The number of nitrogens with zero attached hydrogens (tertiary/aromatic N) is 8. The maximum Gasteiger partial charge on any atom is 0.329 e. The highest BCUT2D eigenvalue weighted by atomic mass is 35.5. The molecular formula is C29H36ClN11O2. The standard InChI is InChI=1S/C29H36ClN11O2/c1-29(32)8-11-40(12-9-29)23-17-33-26(27(31)34-23)20-3-2-4-21(25(20)30)39-15-13-38(14-16-39)18-19-5-6-22(37-36-19)41-10-7-24(42)35-28(41)43/h2-6,17H,7-16,18,32H2,1H3,(H2,31,34)(H,35,42,43). The van der Waals surface area contributed by atoms with Gasteiger partial charge < -0.3 is 21.3 Å². The Balaban J connectivity index is 1.07. The van der Waals surface area contributed by atoms with Crippen LogP contribution in [-0.4, -0.2) is 88.4 Å². The van der Waals surface area contributed by atoms with Crippen molar-refractivity contribution in [2.75, 3.05) is 66.2 Å². The minimum absolute atomic E-state index is 0.146. The van der Waals surface area contributed by atoms with E-state index in [9.17, 15) is 9.59 Å². The molecule has 1 aromatic carbocycles. The summed E-state index contributed by atoms with van der Waals surface area (Å²) < 4.78 is 0. The molecule has 0 atom stereocenters. The van der Waals surface area contributed by atoms with Gasteiger partial charge in [-0.05, 0) is 38.0 Å². The van der Waals surface area contributed by atoms with E-state index in [1.165, 1.54) is 4.90 Å². The molecule has 0 bridgehead atoms. The van der Waals surface area contributed by atoms with Crippen LogP contribution in [0.3, 0.4) is 0 Å². The predicted octanol–water partition coefficient (Wildman–Crippen LogP) is 2.26. The number of nitrogens with one attached hydrogen (secondary N) is 1. The number of hydrogen-bond acceptors (Lipinski definition) is 11. The summed E-state index contributed by atoms with van der Waals surface area (Å²) in [6.07, 6.45) is 3.79. The molecule has 3 fully saturated rings. The number of imide groups is 1. The molecule has 13 nitrogen and oxygen atoms in total. The van der Waals surface area contributed by atoms with Crippen LogP contribution in [-0.2, 0) is 11.3 Å². The third-order valence-electron chi connectivity index (χ3n) is 8.38. The lowest BCUT2D eigenvalue weighted by Crippen LogP contribution is -2.50. The van der Waals surface area contributed by atoms with Gasteiger partial charge in [-0.1, -0.05) is 23.7 Å². The van der Waals surface area contributed by atoms with Crippen molar-refractivity contribution in [3.8, 4) is 11.3 Å². The van der Waals surface area contributed by atoms with Crippen molar-refractivity contribution >= 4 is 46.7 Å². The number of anilines is 4. The summed E-state index contributed by atoms with van der Waals surface area (Å²) in [7, 11) is 0. The molecule has 0 aliphatic carbocycles. The van der Waals surface area contributed by atoms with Crippen LogP contribution in [0.15, 0.2) is 36.5 Å². The summed E-state index contributed by atoms with van der Waals surface area (Å²) >= 11 is 6.96. The molecule has 6 rings (SSSR count). The summed E-state index contributed by atoms with van der Waals surface area (Å²) in [6, 6.07) is 9.09. The van der Waals surface area contributed by atoms with E-state index < -0.39 is 6.03 Å². The maximum absolute atomic E-state index is 12.1. The molecule has 0 unspecified atom stereocenters. The van der Waals surface area contributed by atoms with E-state index in [2.05, 4.69) is 47.1 Å². The number of nitrogen functional groups attached to an aromatic ring is 1. The number of hydrogen-bond donors (Lipinski definition) is 3. The highest BCUT2D eigenvalue weighted by molar-refractivity contribution is 6.36. The van der Waals surface area contributed by atoms with Gasteiger partial charge in [0, 0.05) is 69.9 Å². The van der Waals surface area contributed by atoms with Crippen LogP contribution in [0.5, 0.6) is 0 Å². The summed E-state index contributed by atoms with van der Waals surface area (Å²) in [5.74, 6) is 1.26. The average molecular weight is 606 g/mol. The third kappa shape index (κ3) is 6.33. The molecule has 0 saturated carbocycles. The van der Waals surface area contributed by atoms with Crippen molar-refractivity contribution in [3.63, 3.8) is 0 Å². The number of piperidine rings is 1. The summed E-state index contributed by atoms with van der Waals surface area (Å²) in [6.45, 7) is 7.85. The molecule has 3 aliphatic heterocycles. The highest BCUT2D eigenvalue weighted by Crippen LogP contribution is 2.38. The zero-order valence-corrected chi connectivity index (χ0v) is 24.9. The number of urea groups is 1. The zero-order chi connectivity index (χ0) is 30.1. The van der Waals surface area contributed by atoms with Crippen LogP contribution < -0.4 is 31.5 Å². The van der Waals surface area contributed by atoms with Gasteiger partial charge in [0.15, 0.2) is 11.6 Å². The van der Waals surface area contributed by atoms with E-state index in [0.29, 0.717) is 35.4 Å². The molecule has 0 radical (unpaired) electrons. The van der Waals surface area contributed by atoms with Gasteiger partial charge in [-0.15, -0.1) is 5.10 Å². The van der Waals surface area contributed by atoms with Gasteiger partial charge >= 0.3 is 6.03 Å². The quantitative estimate of drug-likeness (QED) is 0.378. The van der Waals surface area contributed by atoms with Crippen molar-refractivity contribution in [2.24, 2.45) is 5.73 Å². The Kier molecular flexibility index (Phi) is 8.03. The van der Waals surface area contributed by atoms with Crippen LogP contribution in [0.1, 0.15) is 31.9 Å². The SMILES string of the molecule is CC1(N)CCN(c2cnc(-c3cccc(N4CCN(Cc5ccc(N6CCC(=O)NC6=O)nn5)CC4)c3Cl)c(N)n2)CC1. The maximum atomic E-state index is 12.1. The monoisotopic (exact) mass is 605 g/mol. The first-order valence-corrected chi connectivity index (χ1v) is 14.9. The van der Waals surface area contributed by atoms with Crippen molar-refractivity contribution in [2.45, 2.75) is 38.3 Å². The fraction of sp³-hybridized carbons (Fsp3) is 0.448. The molecule has 2 aromatic heterocycles. The van der Waals surface area contributed by atoms with Crippen LogP contribution >= 0.6 is 11.6 Å². The van der Waals surface area contributed by atoms with Crippen LogP contribution in [0.4, 0.5) is 27.9 Å². The van der Waals surface area contributed by atoms with Gasteiger partial charge in [0.1, 0.15) is 11.5 Å². The average Bonchev–Trinajstić information content (AvgIpc) is 2.99. The molecule has 5 heterocycles. The number of carbonyl (C=O) groups excluding carboxylic acids is 2. The first-order chi connectivity index (χ1) is 20.7. The van der Waals surface area contributed by atoms with Crippen LogP contribution in [0, 0.1) is 0 Å². The Hall–Kier alpha value is -4.07. The summed E-state index contributed by atoms with van der Waals surface area (Å²) in [5.41, 5.74) is 15.6. The first-order valence-electron chi connectivity index (χ1n) is 14.5. The van der Waals surface area contributed by atoms with Gasteiger partial charge in [0.05, 0.1) is 22.6 Å². The molecular weight excluding hydrogens is 570 g/mol. The van der Waals surface area contributed by atoms with Crippen molar-refractivity contribution < 1.29 is 9.59 Å². The van der Waals surface area contributed by atoms with E-state index in [1.54, 1.807) is 12.3 Å². The van der Waals surface area contributed by atoms with E-state index in [0.717, 1.165) is 74.9 Å². The van der Waals surface area contributed by atoms with Gasteiger partial charge in [-0.25, -0.2) is 14.8 Å². The highest BCUT2D eigenvalue weighted by Gasteiger charge is 2.28. The molecule has 43 heavy (non-hydrogen) atoms. The van der Waals surface area contributed by atoms with Gasteiger partial charge in [-0.3, -0.25) is 19.9 Å². The van der Waals surface area contributed by atoms with Crippen molar-refractivity contribution in [3.05, 3.63) is 47.2 Å². The molecule has 5 N–H and O–H groups in total. The number of benzene rings is 1. The van der Waals surface area contributed by atoms with E-state index in [-0.39, 0.29) is 17.9 Å². The zero-order valence-electron chi connectivity index (χ0n) is 24.2. The fourth-order valence-corrected chi connectivity index (χ4v) is 6.02. The second-order valence-electron chi connectivity index (χ2n) is 11.6. The van der Waals surface area contributed by atoms with E-state index in [1.807, 2.05) is 24.3 Å².